The number of nitrogens with zero attached hydrogens (tertiary/aromatic N) is 1. The highest BCUT2D eigenvalue weighted by molar-refractivity contribution is 5.89. The number of ether oxygens (including phenoxy) is 1. The van der Waals surface area contributed by atoms with Crippen LogP contribution in [0, 0.1) is 17.1 Å². The summed E-state index contributed by atoms with van der Waals surface area (Å²) >= 11 is 0. The molecule has 3 nitrogen and oxygen atoms in total. The third-order valence-electron chi connectivity index (χ3n) is 3.78. The third kappa shape index (κ3) is 2.26. The molecule has 3 rings (SSSR count). The maximum Gasteiger partial charge on any atom is 0.139 e. The van der Waals surface area contributed by atoms with Crippen molar-refractivity contribution in [2.24, 2.45) is 0 Å². The van der Waals surface area contributed by atoms with Crippen LogP contribution in [0.25, 0.3) is 5.57 Å². The highest BCUT2D eigenvalue weighted by Crippen LogP contribution is 2.44. The molecule has 1 aliphatic rings. The van der Waals surface area contributed by atoms with Crippen LogP contribution in [0.1, 0.15) is 25.0 Å². The van der Waals surface area contributed by atoms with E-state index in [2.05, 4.69) is 11.8 Å². The third-order valence-corrected chi connectivity index (χ3v) is 3.78. The number of nitriles is 1. The Kier molecular flexibility index (Phi) is 3.23. The second kappa shape index (κ2) is 4.97. The maximum atomic E-state index is 13.2. The van der Waals surface area contributed by atoms with Crippen molar-refractivity contribution in [1.82, 2.24) is 0 Å². The quantitative estimate of drug-likeness (QED) is 0.878. The first-order valence-electron chi connectivity index (χ1n) is 6.98. The van der Waals surface area contributed by atoms with Crippen molar-refractivity contribution >= 4 is 11.3 Å². The zero-order chi connectivity index (χ0) is 15.9. The standard InChI is InChI=1S/C18H15FN2O/c1-18(2)15(10-20)17(11-3-5-12(19)6-4-11)14-8-7-13(21)9-16(14)22-18/h3-9H,21H2,1-2H3/p+1. The molecule has 0 atom stereocenters. The van der Waals surface area contributed by atoms with Gasteiger partial charge in [0, 0.05) is 17.2 Å². The average molecular weight is 295 g/mol. The summed E-state index contributed by atoms with van der Waals surface area (Å²) in [5.74, 6) is 0.387. The van der Waals surface area contributed by atoms with Gasteiger partial charge in [-0.2, -0.15) is 5.26 Å². The molecule has 2 aromatic rings. The number of fused-ring (bicyclic) bond motifs is 1. The first-order chi connectivity index (χ1) is 10.4. The topological polar surface area (TPSA) is 60.7 Å². The van der Waals surface area contributed by atoms with Crippen molar-refractivity contribution in [2.45, 2.75) is 19.4 Å². The summed E-state index contributed by atoms with van der Waals surface area (Å²) in [6.07, 6.45) is 0. The van der Waals surface area contributed by atoms with Gasteiger partial charge in [0.2, 0.25) is 0 Å². The molecule has 1 aliphatic heterocycles. The van der Waals surface area contributed by atoms with Crippen LogP contribution >= 0.6 is 0 Å². The molecule has 0 fully saturated rings. The minimum atomic E-state index is -0.751. The molecule has 1 heterocycles. The summed E-state index contributed by atoms with van der Waals surface area (Å²) < 4.78 is 19.2. The van der Waals surface area contributed by atoms with E-state index in [0.717, 1.165) is 22.4 Å². The minimum Gasteiger partial charge on any atom is -0.482 e. The van der Waals surface area contributed by atoms with Crippen LogP contribution < -0.4 is 10.5 Å². The number of quaternary nitrogens is 1. The molecule has 3 N–H and O–H groups in total. The number of rotatable bonds is 1. The van der Waals surface area contributed by atoms with Crippen LogP contribution in [0.5, 0.6) is 5.75 Å². The lowest BCUT2D eigenvalue weighted by Gasteiger charge is -2.34. The van der Waals surface area contributed by atoms with Gasteiger partial charge in [0.15, 0.2) is 0 Å². The highest BCUT2D eigenvalue weighted by Gasteiger charge is 2.36. The van der Waals surface area contributed by atoms with Crippen LogP contribution in [0.4, 0.5) is 10.1 Å². The zero-order valence-electron chi connectivity index (χ0n) is 12.5. The van der Waals surface area contributed by atoms with Gasteiger partial charge in [0.05, 0.1) is 11.6 Å². The van der Waals surface area contributed by atoms with Crippen molar-refractivity contribution in [3.8, 4) is 11.8 Å². The lowest BCUT2D eigenvalue weighted by Crippen LogP contribution is -2.40. The Hall–Kier alpha value is -2.64. The molecule has 0 spiro atoms. The lowest BCUT2D eigenvalue weighted by molar-refractivity contribution is -0.254. The molecule has 110 valence electrons. The highest BCUT2D eigenvalue weighted by atomic mass is 19.1. The second-order valence-corrected chi connectivity index (χ2v) is 5.81. The Morgan fingerprint density at radius 1 is 1.14 bits per heavy atom. The van der Waals surface area contributed by atoms with Crippen LogP contribution in [0.15, 0.2) is 48.0 Å². The molecule has 0 unspecified atom stereocenters. The summed E-state index contributed by atoms with van der Waals surface area (Å²) in [4.78, 5) is 0. The number of hydrogen-bond acceptors (Lipinski definition) is 2. The molecule has 0 saturated heterocycles. The van der Waals surface area contributed by atoms with E-state index in [4.69, 9.17) is 4.74 Å². The van der Waals surface area contributed by atoms with E-state index in [-0.39, 0.29) is 5.82 Å². The molecule has 0 saturated carbocycles. The molecule has 0 amide bonds. The van der Waals surface area contributed by atoms with E-state index in [1.54, 1.807) is 12.1 Å². The molecule has 0 radical (unpaired) electrons. The molecule has 0 bridgehead atoms. The SMILES string of the molecule is CC1(C)Oc2cc([NH3+])ccc2C(c2ccc(F)cc2)=C1C#N. The number of benzene rings is 2. The Labute approximate surface area is 128 Å². The van der Waals surface area contributed by atoms with E-state index in [1.165, 1.54) is 12.1 Å². The Bertz CT molecular complexity index is 814. The second-order valence-electron chi connectivity index (χ2n) is 5.81. The molecule has 0 aromatic heterocycles. The predicted octanol–water partition coefficient (Wildman–Crippen LogP) is 3.20. The summed E-state index contributed by atoms with van der Waals surface area (Å²) in [6, 6.07) is 14.0. The summed E-state index contributed by atoms with van der Waals surface area (Å²) in [7, 11) is 0. The first-order valence-corrected chi connectivity index (χ1v) is 6.98. The van der Waals surface area contributed by atoms with E-state index in [9.17, 15) is 9.65 Å². The Balaban J connectivity index is 2.33. The van der Waals surface area contributed by atoms with Crippen LogP contribution in [0.2, 0.25) is 0 Å². The number of hydrogen-bond donors (Lipinski definition) is 1. The van der Waals surface area contributed by atoms with Gasteiger partial charge in [-0.3, -0.25) is 0 Å². The van der Waals surface area contributed by atoms with Crippen molar-refractivity contribution in [2.75, 3.05) is 0 Å². The average Bonchev–Trinajstić information content (AvgIpc) is 2.45. The smallest absolute Gasteiger partial charge is 0.139 e. The molecular formula is C18H16FN2O+. The molecule has 4 heteroatoms. The largest absolute Gasteiger partial charge is 0.482 e. The van der Waals surface area contributed by atoms with Gasteiger partial charge in [-0.25, -0.2) is 4.39 Å². The van der Waals surface area contributed by atoms with E-state index in [0.29, 0.717) is 11.3 Å². The lowest BCUT2D eigenvalue weighted by atomic mass is 9.83. The van der Waals surface area contributed by atoms with Crippen LogP contribution in [-0.4, -0.2) is 5.60 Å². The monoisotopic (exact) mass is 295 g/mol. The van der Waals surface area contributed by atoms with Gasteiger partial charge >= 0.3 is 0 Å². The van der Waals surface area contributed by atoms with Crippen molar-refractivity contribution in [3.63, 3.8) is 0 Å². The fraction of sp³-hybridized carbons (Fsp3) is 0.167. The number of halogens is 1. The Morgan fingerprint density at radius 2 is 1.82 bits per heavy atom. The minimum absolute atomic E-state index is 0.303. The first kappa shape index (κ1) is 14.3. The Morgan fingerprint density at radius 3 is 2.45 bits per heavy atom. The molecule has 22 heavy (non-hydrogen) atoms. The summed E-state index contributed by atoms with van der Waals surface area (Å²) in [6.45, 7) is 3.71. The normalized spacial score (nSPS) is 15.8. The molecule has 0 aliphatic carbocycles. The van der Waals surface area contributed by atoms with Crippen molar-refractivity contribution in [1.29, 1.82) is 5.26 Å². The van der Waals surface area contributed by atoms with Gasteiger partial charge in [-0.05, 0) is 43.7 Å². The van der Waals surface area contributed by atoms with Gasteiger partial charge < -0.3 is 10.5 Å². The van der Waals surface area contributed by atoms with Crippen molar-refractivity contribution in [3.05, 3.63) is 65.0 Å². The van der Waals surface area contributed by atoms with Crippen LogP contribution in [0.3, 0.4) is 0 Å². The van der Waals surface area contributed by atoms with E-state index < -0.39 is 5.60 Å². The van der Waals surface area contributed by atoms with Gasteiger partial charge in [-0.1, -0.05) is 12.1 Å². The van der Waals surface area contributed by atoms with Crippen LogP contribution in [-0.2, 0) is 0 Å². The van der Waals surface area contributed by atoms with Crippen molar-refractivity contribution < 1.29 is 14.9 Å². The van der Waals surface area contributed by atoms with Gasteiger partial charge in [-0.15, -0.1) is 0 Å². The zero-order valence-corrected chi connectivity index (χ0v) is 12.5. The maximum absolute atomic E-state index is 13.2. The van der Waals surface area contributed by atoms with Gasteiger partial charge in [0.25, 0.3) is 0 Å². The fourth-order valence-corrected chi connectivity index (χ4v) is 2.73. The van der Waals surface area contributed by atoms with E-state index in [1.807, 2.05) is 32.0 Å². The molecule has 2 aromatic carbocycles. The van der Waals surface area contributed by atoms with E-state index >= 15 is 0 Å². The molecular weight excluding hydrogens is 279 g/mol. The predicted molar refractivity (Wildman–Crippen MR) is 81.7 cm³/mol. The summed E-state index contributed by atoms with van der Waals surface area (Å²) in [5, 5.41) is 9.62. The fourth-order valence-electron chi connectivity index (χ4n) is 2.73. The summed E-state index contributed by atoms with van der Waals surface area (Å²) in [5.41, 5.74) is 6.95. The van der Waals surface area contributed by atoms with Gasteiger partial charge in [0.1, 0.15) is 22.9 Å².